The maximum absolute atomic E-state index is 14.0. The minimum atomic E-state index is -0.946. The second kappa shape index (κ2) is 9.20. The van der Waals surface area contributed by atoms with Crippen LogP contribution in [0.3, 0.4) is 0 Å². The van der Waals surface area contributed by atoms with Gasteiger partial charge in [-0.3, -0.25) is 0 Å². The van der Waals surface area contributed by atoms with E-state index in [-0.39, 0.29) is 18.4 Å². The number of hydrogen-bond acceptors (Lipinski definition) is 3. The summed E-state index contributed by atoms with van der Waals surface area (Å²) < 4.78 is 24.6. The number of carbonyl (C=O) groups is 1. The SMILES string of the molecule is COc1ccc(CCNC(=O)NC[C@@](C)(OC)c2ccccc2F)cc1. The lowest BCUT2D eigenvalue weighted by molar-refractivity contribution is 0.00204. The van der Waals surface area contributed by atoms with Gasteiger partial charge in [0.2, 0.25) is 0 Å². The first kappa shape index (κ1) is 19.7. The summed E-state index contributed by atoms with van der Waals surface area (Å²) in [5.74, 6) is 0.435. The Labute approximate surface area is 153 Å². The molecule has 2 aromatic carbocycles. The van der Waals surface area contributed by atoms with Gasteiger partial charge < -0.3 is 20.1 Å². The summed E-state index contributed by atoms with van der Waals surface area (Å²) in [6.45, 7) is 2.38. The molecule has 2 rings (SSSR count). The number of hydrogen-bond donors (Lipinski definition) is 2. The fourth-order valence-corrected chi connectivity index (χ4v) is 2.59. The Bertz CT molecular complexity index is 721. The van der Waals surface area contributed by atoms with Crippen LogP contribution in [-0.4, -0.2) is 33.3 Å². The standard InChI is InChI=1S/C20H25FN2O3/c1-20(26-3,17-6-4-5-7-18(17)21)14-23-19(24)22-13-12-15-8-10-16(25-2)11-9-15/h4-11H,12-14H2,1-3H3,(H2,22,23,24)/t20-/m1/s1. The van der Waals surface area contributed by atoms with Crippen molar-refractivity contribution in [3.63, 3.8) is 0 Å². The van der Waals surface area contributed by atoms with Crippen molar-refractivity contribution in [3.8, 4) is 5.75 Å². The normalized spacial score (nSPS) is 12.9. The third kappa shape index (κ3) is 5.20. The van der Waals surface area contributed by atoms with Crippen LogP contribution >= 0.6 is 0 Å². The molecule has 0 spiro atoms. The van der Waals surface area contributed by atoms with Crippen LogP contribution in [0.5, 0.6) is 5.75 Å². The Hall–Kier alpha value is -2.60. The number of methoxy groups -OCH3 is 2. The third-order valence-corrected chi connectivity index (χ3v) is 4.34. The molecule has 0 radical (unpaired) electrons. The van der Waals surface area contributed by atoms with Gasteiger partial charge in [0.1, 0.15) is 17.2 Å². The number of amides is 2. The predicted molar refractivity (Wildman–Crippen MR) is 98.9 cm³/mol. The monoisotopic (exact) mass is 360 g/mol. The Morgan fingerprint density at radius 1 is 1.08 bits per heavy atom. The number of ether oxygens (including phenoxy) is 2. The molecular weight excluding hydrogens is 335 g/mol. The molecule has 2 N–H and O–H groups in total. The number of rotatable bonds is 8. The zero-order valence-electron chi connectivity index (χ0n) is 15.3. The summed E-state index contributed by atoms with van der Waals surface area (Å²) in [7, 11) is 3.12. The molecule has 2 aromatic rings. The van der Waals surface area contributed by atoms with Crippen molar-refractivity contribution in [1.82, 2.24) is 10.6 Å². The molecular formula is C20H25FN2O3. The van der Waals surface area contributed by atoms with E-state index in [9.17, 15) is 9.18 Å². The average molecular weight is 360 g/mol. The summed E-state index contributed by atoms with van der Waals surface area (Å²) in [5, 5.41) is 5.53. The highest BCUT2D eigenvalue weighted by molar-refractivity contribution is 5.73. The fourth-order valence-electron chi connectivity index (χ4n) is 2.59. The second-order valence-corrected chi connectivity index (χ2v) is 6.12. The summed E-state index contributed by atoms with van der Waals surface area (Å²) in [6.07, 6.45) is 0.701. The van der Waals surface area contributed by atoms with Crippen molar-refractivity contribution in [2.75, 3.05) is 27.3 Å². The van der Waals surface area contributed by atoms with Gasteiger partial charge in [-0.1, -0.05) is 30.3 Å². The molecule has 0 aliphatic carbocycles. The Kier molecular flexibility index (Phi) is 6.97. The zero-order valence-corrected chi connectivity index (χ0v) is 15.3. The van der Waals surface area contributed by atoms with Crippen LogP contribution in [0.4, 0.5) is 9.18 Å². The van der Waals surface area contributed by atoms with E-state index in [1.165, 1.54) is 13.2 Å². The molecule has 0 heterocycles. The highest BCUT2D eigenvalue weighted by Crippen LogP contribution is 2.26. The highest BCUT2D eigenvalue weighted by atomic mass is 19.1. The molecule has 0 aliphatic heterocycles. The molecule has 1 atom stereocenters. The lowest BCUT2D eigenvalue weighted by Gasteiger charge is -2.29. The first-order chi connectivity index (χ1) is 12.5. The molecule has 0 saturated heterocycles. The van der Waals surface area contributed by atoms with Crippen molar-refractivity contribution in [3.05, 3.63) is 65.5 Å². The first-order valence-electron chi connectivity index (χ1n) is 8.43. The molecule has 0 unspecified atom stereocenters. The van der Waals surface area contributed by atoms with Crippen LogP contribution in [0.2, 0.25) is 0 Å². The highest BCUT2D eigenvalue weighted by Gasteiger charge is 2.29. The number of nitrogens with one attached hydrogen (secondary N) is 2. The minimum absolute atomic E-state index is 0.152. The van der Waals surface area contributed by atoms with Crippen molar-refractivity contribution in [2.45, 2.75) is 18.9 Å². The molecule has 0 aliphatic rings. The number of urea groups is 1. The number of halogens is 1. The minimum Gasteiger partial charge on any atom is -0.497 e. The number of carbonyl (C=O) groups excluding carboxylic acids is 1. The van der Waals surface area contributed by atoms with E-state index >= 15 is 0 Å². The van der Waals surface area contributed by atoms with Crippen LogP contribution in [0.1, 0.15) is 18.1 Å². The van der Waals surface area contributed by atoms with Gasteiger partial charge in [0.15, 0.2) is 0 Å². The summed E-state index contributed by atoms with van der Waals surface area (Å²) in [6, 6.07) is 13.7. The quantitative estimate of drug-likeness (QED) is 0.760. The van der Waals surface area contributed by atoms with Crippen molar-refractivity contribution >= 4 is 6.03 Å². The van der Waals surface area contributed by atoms with Gasteiger partial charge in [-0.25, -0.2) is 9.18 Å². The molecule has 26 heavy (non-hydrogen) atoms. The predicted octanol–water partition coefficient (Wildman–Crippen LogP) is 3.24. The van der Waals surface area contributed by atoms with Crippen molar-refractivity contribution in [2.24, 2.45) is 0 Å². The lowest BCUT2D eigenvalue weighted by atomic mass is 9.95. The molecule has 0 fully saturated rings. The van der Waals surface area contributed by atoms with Gasteiger partial charge in [0.25, 0.3) is 0 Å². The summed E-state index contributed by atoms with van der Waals surface area (Å²) in [4.78, 5) is 12.0. The van der Waals surface area contributed by atoms with Crippen LogP contribution in [0, 0.1) is 5.82 Å². The van der Waals surface area contributed by atoms with Crippen LogP contribution in [-0.2, 0) is 16.8 Å². The van der Waals surface area contributed by atoms with Crippen LogP contribution < -0.4 is 15.4 Å². The van der Waals surface area contributed by atoms with Crippen LogP contribution in [0.15, 0.2) is 48.5 Å². The Morgan fingerprint density at radius 2 is 1.77 bits per heavy atom. The van der Waals surface area contributed by atoms with Gasteiger partial charge in [-0.15, -0.1) is 0 Å². The molecule has 2 amide bonds. The largest absolute Gasteiger partial charge is 0.497 e. The van der Waals surface area contributed by atoms with E-state index in [0.29, 0.717) is 18.5 Å². The fraction of sp³-hybridized carbons (Fsp3) is 0.350. The molecule has 0 saturated carbocycles. The molecule has 0 aromatic heterocycles. The Balaban J connectivity index is 1.82. The topological polar surface area (TPSA) is 59.6 Å². The maximum Gasteiger partial charge on any atom is 0.314 e. The van der Waals surface area contributed by atoms with Gasteiger partial charge in [-0.2, -0.15) is 0 Å². The first-order valence-corrected chi connectivity index (χ1v) is 8.43. The number of benzene rings is 2. The summed E-state index contributed by atoms with van der Waals surface area (Å²) in [5.41, 5.74) is 0.554. The van der Waals surface area contributed by atoms with E-state index < -0.39 is 5.60 Å². The molecule has 0 bridgehead atoms. The van der Waals surface area contributed by atoms with E-state index in [0.717, 1.165) is 11.3 Å². The summed E-state index contributed by atoms with van der Waals surface area (Å²) >= 11 is 0. The molecule has 6 heteroatoms. The van der Waals surface area contributed by atoms with Gasteiger partial charge in [0.05, 0.1) is 13.7 Å². The van der Waals surface area contributed by atoms with Gasteiger partial charge in [0, 0.05) is 19.2 Å². The molecule has 5 nitrogen and oxygen atoms in total. The van der Waals surface area contributed by atoms with Crippen molar-refractivity contribution in [1.29, 1.82) is 0 Å². The van der Waals surface area contributed by atoms with Crippen molar-refractivity contribution < 1.29 is 18.7 Å². The Morgan fingerprint density at radius 3 is 2.38 bits per heavy atom. The smallest absolute Gasteiger partial charge is 0.314 e. The third-order valence-electron chi connectivity index (χ3n) is 4.34. The van der Waals surface area contributed by atoms with Gasteiger partial charge >= 0.3 is 6.03 Å². The maximum atomic E-state index is 14.0. The average Bonchev–Trinajstić information content (AvgIpc) is 2.67. The zero-order chi connectivity index (χ0) is 19.0. The van der Waals surface area contributed by atoms with Gasteiger partial charge in [-0.05, 0) is 37.1 Å². The second-order valence-electron chi connectivity index (χ2n) is 6.12. The van der Waals surface area contributed by atoms with E-state index in [1.54, 1.807) is 32.2 Å². The lowest BCUT2D eigenvalue weighted by Crippen LogP contribution is -2.45. The van der Waals surface area contributed by atoms with E-state index in [1.807, 2.05) is 24.3 Å². The van der Waals surface area contributed by atoms with Crippen LogP contribution in [0.25, 0.3) is 0 Å². The molecule has 140 valence electrons. The van der Waals surface area contributed by atoms with E-state index in [2.05, 4.69) is 10.6 Å². The van der Waals surface area contributed by atoms with E-state index in [4.69, 9.17) is 9.47 Å².